The molecule has 0 saturated carbocycles. The smallest absolute Gasteiger partial charge is 0.305 e. The van der Waals surface area contributed by atoms with Gasteiger partial charge in [-0.25, -0.2) is 0 Å². The van der Waals surface area contributed by atoms with Gasteiger partial charge in [-0.3, -0.25) is 14.4 Å². The molecule has 0 radical (unpaired) electrons. The molecule has 308 valence electrons. The number of rotatable bonds is 20. The molecule has 23 heteroatoms. The zero-order valence-electron chi connectivity index (χ0n) is 28.7. The van der Waals surface area contributed by atoms with E-state index in [0.29, 0.717) is 19.3 Å². The number of hydrogen-bond acceptors (Lipinski definition) is 20. The number of carboxylic acid groups (broad SMARTS) is 1. The van der Waals surface area contributed by atoms with Gasteiger partial charge in [-0.15, -0.1) is 0 Å². The lowest BCUT2D eigenvalue weighted by Crippen LogP contribution is -2.65. The topological polar surface area (TPSA) is 379 Å². The lowest BCUT2D eigenvalue weighted by Gasteiger charge is -2.46. The Morgan fingerprint density at radius 3 is 1.81 bits per heavy atom. The standard InChI is InChI=1S/C30H53N3O20/c31-12(8-17(37)38)27(47)33-5-3-1-2-4-16(36)32-6-7-48-29-25(46)26(53-30-24(45)22(43)19(40)14(10-35)51-30)20(41)15(52-29)11-49-28-23(44)21(42)18(39)13(9-34)50-28/h12-15,18-26,28-30,34-35,39-46H,1-11,31H2,(H,32,36)(H,33,47)(H,37,38)/t12-,13+,14+,15+,18+,19+,20+,21-,22-,23-,24-,25-,26-,28-,29-,30?/m0/s1. The Morgan fingerprint density at radius 2 is 1.21 bits per heavy atom. The largest absolute Gasteiger partial charge is 0.481 e. The van der Waals surface area contributed by atoms with Gasteiger partial charge in [-0.05, 0) is 12.8 Å². The third-order valence-electron chi connectivity index (χ3n) is 8.87. The van der Waals surface area contributed by atoms with Crippen molar-refractivity contribution in [2.75, 3.05) is 39.5 Å². The first-order chi connectivity index (χ1) is 25.1. The Hall–Kier alpha value is -2.27. The van der Waals surface area contributed by atoms with E-state index < -0.39 is 136 Å². The van der Waals surface area contributed by atoms with Crippen molar-refractivity contribution < 1.29 is 99.0 Å². The number of ether oxygens (including phenoxy) is 6. The van der Waals surface area contributed by atoms with E-state index in [1.807, 2.05) is 0 Å². The third kappa shape index (κ3) is 12.6. The minimum absolute atomic E-state index is 0.0736. The Balaban J connectivity index is 1.55. The molecule has 0 spiro atoms. The second-order valence-electron chi connectivity index (χ2n) is 12.9. The summed E-state index contributed by atoms with van der Waals surface area (Å²) in [6, 6.07) is -1.16. The van der Waals surface area contributed by atoms with Gasteiger partial charge in [0.25, 0.3) is 0 Å². The van der Waals surface area contributed by atoms with Crippen LogP contribution in [0.3, 0.4) is 0 Å². The van der Waals surface area contributed by atoms with E-state index in [9.17, 15) is 65.4 Å². The lowest BCUT2D eigenvalue weighted by molar-refractivity contribution is -0.366. The number of aliphatic hydroxyl groups excluding tert-OH is 10. The first-order valence-electron chi connectivity index (χ1n) is 17.1. The van der Waals surface area contributed by atoms with E-state index >= 15 is 0 Å². The van der Waals surface area contributed by atoms with Crippen molar-refractivity contribution in [3.63, 3.8) is 0 Å². The van der Waals surface area contributed by atoms with E-state index in [0.717, 1.165) is 0 Å². The van der Waals surface area contributed by atoms with Crippen LogP contribution in [0.25, 0.3) is 0 Å². The van der Waals surface area contributed by atoms with Gasteiger partial charge in [0.1, 0.15) is 73.2 Å². The summed E-state index contributed by atoms with van der Waals surface area (Å²) in [6.07, 6.45) is -24.1. The zero-order chi connectivity index (χ0) is 39.4. The molecule has 0 aliphatic carbocycles. The molecule has 3 fully saturated rings. The fraction of sp³-hybridized carbons (Fsp3) is 0.900. The molecule has 0 aromatic carbocycles. The van der Waals surface area contributed by atoms with Crippen LogP contribution in [0.5, 0.6) is 0 Å². The Labute approximate surface area is 303 Å². The molecule has 2 amide bonds. The summed E-state index contributed by atoms with van der Waals surface area (Å²) in [6.45, 7) is -2.25. The highest BCUT2D eigenvalue weighted by molar-refractivity contribution is 5.85. The Kier molecular flexibility index (Phi) is 18.5. The quantitative estimate of drug-likeness (QED) is 0.0511. The minimum Gasteiger partial charge on any atom is -0.481 e. The number of aliphatic carboxylic acids is 1. The fourth-order valence-corrected chi connectivity index (χ4v) is 5.73. The molecule has 16 atom stereocenters. The number of carboxylic acids is 1. The van der Waals surface area contributed by atoms with Crippen LogP contribution in [-0.2, 0) is 42.8 Å². The zero-order valence-corrected chi connectivity index (χ0v) is 28.7. The molecule has 3 rings (SSSR count). The van der Waals surface area contributed by atoms with Crippen molar-refractivity contribution in [3.05, 3.63) is 0 Å². The summed E-state index contributed by atoms with van der Waals surface area (Å²) in [5.74, 6) is -2.14. The number of aliphatic hydroxyl groups is 10. The maximum absolute atomic E-state index is 12.3. The Morgan fingerprint density at radius 1 is 0.642 bits per heavy atom. The van der Waals surface area contributed by atoms with Crippen molar-refractivity contribution in [2.24, 2.45) is 5.73 Å². The van der Waals surface area contributed by atoms with E-state index in [2.05, 4.69) is 10.6 Å². The van der Waals surface area contributed by atoms with Gasteiger partial charge in [0.15, 0.2) is 18.9 Å². The van der Waals surface area contributed by atoms with E-state index in [4.69, 9.17) is 39.3 Å². The lowest BCUT2D eigenvalue weighted by atomic mass is 9.96. The van der Waals surface area contributed by atoms with Gasteiger partial charge in [0, 0.05) is 19.5 Å². The SMILES string of the molecule is N[C@@H](CC(=O)O)C(=O)NCCCCCC(=O)NCCO[C@H]1O[C@H](CO[C@H]2O[C@H](CO)[C@@H](O)[C@H](O)[C@@H]2O)[C@@H](O)[C@H](OC2O[C@H](CO)[C@@H](O)[C@H](O)[C@@H]2O)[C@@H]1O. The van der Waals surface area contributed by atoms with Crippen LogP contribution in [0.15, 0.2) is 0 Å². The first kappa shape index (κ1) is 45.1. The van der Waals surface area contributed by atoms with E-state index in [1.54, 1.807) is 0 Å². The van der Waals surface area contributed by atoms with E-state index in [-0.39, 0.29) is 32.0 Å². The maximum Gasteiger partial charge on any atom is 0.305 e. The van der Waals surface area contributed by atoms with Crippen LogP contribution in [-0.4, -0.2) is 212 Å². The molecule has 3 heterocycles. The van der Waals surface area contributed by atoms with Crippen molar-refractivity contribution in [3.8, 4) is 0 Å². The number of unbranched alkanes of at least 4 members (excludes halogenated alkanes) is 2. The summed E-state index contributed by atoms with van der Waals surface area (Å²) in [4.78, 5) is 34.7. The monoisotopic (exact) mass is 775 g/mol. The van der Waals surface area contributed by atoms with Crippen molar-refractivity contribution in [2.45, 2.75) is 130 Å². The van der Waals surface area contributed by atoms with Gasteiger partial charge < -0.3 is 101 Å². The predicted molar refractivity (Wildman–Crippen MR) is 170 cm³/mol. The summed E-state index contributed by atoms with van der Waals surface area (Å²) >= 11 is 0. The van der Waals surface area contributed by atoms with Gasteiger partial charge in [0.05, 0.1) is 38.9 Å². The number of nitrogens with two attached hydrogens (primary N) is 1. The average Bonchev–Trinajstić information content (AvgIpc) is 3.12. The van der Waals surface area contributed by atoms with Crippen LogP contribution in [0.2, 0.25) is 0 Å². The molecule has 0 aromatic rings. The van der Waals surface area contributed by atoms with Crippen molar-refractivity contribution in [1.82, 2.24) is 10.6 Å². The first-order valence-corrected chi connectivity index (χ1v) is 17.1. The number of amides is 2. The molecule has 3 aliphatic rings. The van der Waals surface area contributed by atoms with Crippen LogP contribution in [0, 0.1) is 0 Å². The van der Waals surface area contributed by atoms with Gasteiger partial charge in [-0.2, -0.15) is 0 Å². The number of carbonyl (C=O) groups is 3. The minimum atomic E-state index is -1.91. The second-order valence-corrected chi connectivity index (χ2v) is 12.9. The maximum atomic E-state index is 12.3. The number of nitrogens with one attached hydrogen (secondary N) is 2. The normalized spacial score (nSPS) is 38.2. The fourth-order valence-electron chi connectivity index (χ4n) is 5.73. The predicted octanol–water partition coefficient (Wildman–Crippen LogP) is -7.95. The summed E-state index contributed by atoms with van der Waals surface area (Å²) in [5, 5.41) is 116. The number of hydrogen-bond donors (Lipinski definition) is 14. The molecule has 23 nitrogen and oxygen atoms in total. The van der Waals surface area contributed by atoms with Gasteiger partial charge in [0.2, 0.25) is 11.8 Å². The van der Waals surface area contributed by atoms with Crippen LogP contribution in [0.1, 0.15) is 32.1 Å². The average molecular weight is 776 g/mol. The molecule has 1 unspecified atom stereocenters. The van der Waals surface area contributed by atoms with Gasteiger partial charge in [-0.1, -0.05) is 6.42 Å². The van der Waals surface area contributed by atoms with Crippen molar-refractivity contribution >= 4 is 17.8 Å². The van der Waals surface area contributed by atoms with Gasteiger partial charge >= 0.3 is 5.97 Å². The molecule has 53 heavy (non-hydrogen) atoms. The highest BCUT2D eigenvalue weighted by Crippen LogP contribution is 2.31. The summed E-state index contributed by atoms with van der Waals surface area (Å²) in [5.41, 5.74) is 5.48. The van der Waals surface area contributed by atoms with Crippen LogP contribution in [0.4, 0.5) is 0 Å². The van der Waals surface area contributed by atoms with Crippen LogP contribution >= 0.6 is 0 Å². The van der Waals surface area contributed by atoms with Crippen molar-refractivity contribution in [1.29, 1.82) is 0 Å². The molecule has 0 aromatic heterocycles. The molecular weight excluding hydrogens is 722 g/mol. The molecule has 15 N–H and O–H groups in total. The number of carbonyl (C=O) groups excluding carboxylic acids is 2. The molecule has 0 bridgehead atoms. The van der Waals surface area contributed by atoms with Crippen LogP contribution < -0.4 is 16.4 Å². The molecule has 3 aliphatic heterocycles. The molecule has 3 saturated heterocycles. The molecular formula is C30H53N3O20. The highest BCUT2D eigenvalue weighted by Gasteiger charge is 2.52. The van der Waals surface area contributed by atoms with E-state index in [1.165, 1.54) is 0 Å². The second kappa shape index (κ2) is 21.7. The third-order valence-corrected chi connectivity index (χ3v) is 8.87. The summed E-state index contributed by atoms with van der Waals surface area (Å²) < 4.78 is 33.1. The highest BCUT2D eigenvalue weighted by atomic mass is 16.7. The summed E-state index contributed by atoms with van der Waals surface area (Å²) in [7, 11) is 0. The Bertz CT molecular complexity index is 1140.